The van der Waals surface area contributed by atoms with Crippen LogP contribution in [0.15, 0.2) is 77.7 Å². The lowest BCUT2D eigenvalue weighted by molar-refractivity contribution is 0.384. The largest absolute Gasteiger partial charge is 0.507 e. The third-order valence-corrected chi connectivity index (χ3v) is 7.93. The highest BCUT2D eigenvalue weighted by Crippen LogP contribution is 2.34. The van der Waals surface area contributed by atoms with Crippen LogP contribution >= 0.6 is 11.6 Å². The number of hydrogen-bond acceptors (Lipinski definition) is 7. The van der Waals surface area contributed by atoms with Gasteiger partial charge in [0.15, 0.2) is 0 Å². The number of benzene rings is 3. The number of aromatic nitrogens is 2. The Hall–Kier alpha value is -3.93. The van der Waals surface area contributed by atoms with Crippen molar-refractivity contribution in [2.75, 3.05) is 37.3 Å². The summed E-state index contributed by atoms with van der Waals surface area (Å²) in [5.41, 5.74) is 1.48. The number of hydrogen-bond donors (Lipinski definition) is 1. The number of piperazine rings is 1. The summed E-state index contributed by atoms with van der Waals surface area (Å²) >= 11 is 6.00. The van der Waals surface area contributed by atoms with Crippen LogP contribution in [0.4, 0.5) is 10.1 Å². The fraction of sp³-hybridized carbons (Fsp3) is 0.185. The zero-order valence-corrected chi connectivity index (χ0v) is 22.4. The predicted molar refractivity (Wildman–Crippen MR) is 147 cm³/mol. The standard InChI is InChI=1S/C27H24ClFN4O5S/c1-39(36,37)32-14-12-31(13-15-32)24-17-30-33(21-7-4-19(28)5-8-21)27(35)26(24)38-22-9-2-18(3-10-22)23-11-6-20(29)16-25(23)34/h2-11,16-17,34H,12-15H2,1H3. The van der Waals surface area contributed by atoms with E-state index in [0.29, 0.717) is 46.4 Å². The fourth-order valence-electron chi connectivity index (χ4n) is 4.35. The van der Waals surface area contributed by atoms with Crippen LogP contribution in [0, 0.1) is 5.82 Å². The maximum Gasteiger partial charge on any atom is 0.316 e. The van der Waals surface area contributed by atoms with E-state index in [2.05, 4.69) is 5.10 Å². The summed E-state index contributed by atoms with van der Waals surface area (Å²) in [6.07, 6.45) is 2.69. The lowest BCUT2D eigenvalue weighted by Crippen LogP contribution is -2.48. The summed E-state index contributed by atoms with van der Waals surface area (Å²) in [5, 5.41) is 15.0. The molecule has 0 saturated carbocycles. The van der Waals surface area contributed by atoms with Crippen LogP contribution in [0.1, 0.15) is 0 Å². The Bertz CT molecular complexity index is 1670. The Labute approximate surface area is 229 Å². The van der Waals surface area contributed by atoms with Gasteiger partial charge < -0.3 is 14.7 Å². The first-order valence-electron chi connectivity index (χ1n) is 12.0. The second kappa shape index (κ2) is 10.7. The van der Waals surface area contributed by atoms with Crippen LogP contribution in [-0.4, -0.2) is 60.0 Å². The molecule has 202 valence electrons. The van der Waals surface area contributed by atoms with E-state index in [9.17, 15) is 22.7 Å². The van der Waals surface area contributed by atoms with Crippen molar-refractivity contribution >= 4 is 27.3 Å². The van der Waals surface area contributed by atoms with Crippen molar-refractivity contribution in [2.45, 2.75) is 0 Å². The van der Waals surface area contributed by atoms with Gasteiger partial charge in [0.1, 0.15) is 23.0 Å². The molecule has 39 heavy (non-hydrogen) atoms. The number of aromatic hydroxyl groups is 1. The molecule has 2 heterocycles. The van der Waals surface area contributed by atoms with Gasteiger partial charge in [-0.2, -0.15) is 14.1 Å². The third-order valence-electron chi connectivity index (χ3n) is 6.38. The van der Waals surface area contributed by atoms with Crippen LogP contribution in [0.3, 0.4) is 0 Å². The average Bonchev–Trinajstić information content (AvgIpc) is 2.91. The Morgan fingerprint density at radius 2 is 1.64 bits per heavy atom. The van der Waals surface area contributed by atoms with E-state index in [1.54, 1.807) is 48.5 Å². The van der Waals surface area contributed by atoms with Gasteiger partial charge in [-0.3, -0.25) is 4.79 Å². The van der Waals surface area contributed by atoms with Gasteiger partial charge in [0, 0.05) is 42.8 Å². The molecule has 1 aliphatic rings. The molecule has 12 heteroatoms. The van der Waals surface area contributed by atoms with Crippen molar-refractivity contribution in [1.82, 2.24) is 14.1 Å². The first kappa shape index (κ1) is 26.7. The van der Waals surface area contributed by atoms with Gasteiger partial charge in [0.25, 0.3) is 0 Å². The highest BCUT2D eigenvalue weighted by molar-refractivity contribution is 7.88. The van der Waals surface area contributed by atoms with Crippen LogP contribution in [0.2, 0.25) is 5.02 Å². The van der Waals surface area contributed by atoms with E-state index in [1.807, 2.05) is 4.90 Å². The van der Waals surface area contributed by atoms with E-state index >= 15 is 0 Å². The zero-order chi connectivity index (χ0) is 27.7. The van der Waals surface area contributed by atoms with Crippen LogP contribution in [-0.2, 0) is 10.0 Å². The molecular formula is C27H24ClFN4O5S. The van der Waals surface area contributed by atoms with Crippen molar-refractivity contribution in [3.05, 3.63) is 94.1 Å². The minimum atomic E-state index is -3.33. The minimum absolute atomic E-state index is 0.0186. The number of anilines is 1. The summed E-state index contributed by atoms with van der Waals surface area (Å²) in [5.74, 6) is -0.373. The van der Waals surface area contributed by atoms with Gasteiger partial charge >= 0.3 is 5.56 Å². The van der Waals surface area contributed by atoms with Crippen molar-refractivity contribution in [2.24, 2.45) is 0 Å². The normalized spacial score (nSPS) is 14.4. The number of phenols is 1. The van der Waals surface area contributed by atoms with Crippen LogP contribution < -0.4 is 15.2 Å². The Balaban J connectivity index is 1.50. The molecule has 1 N–H and O–H groups in total. The Kier molecular flexibility index (Phi) is 7.30. The second-order valence-electron chi connectivity index (χ2n) is 8.99. The first-order chi connectivity index (χ1) is 18.6. The maximum atomic E-state index is 13.7. The van der Waals surface area contributed by atoms with Crippen molar-refractivity contribution in [1.29, 1.82) is 0 Å². The molecular weight excluding hydrogens is 547 g/mol. The SMILES string of the molecule is CS(=O)(=O)N1CCN(c2cnn(-c3ccc(Cl)cc3)c(=O)c2Oc2ccc(-c3ccc(F)cc3O)cc2)CC1. The number of phenolic OH excluding ortho intramolecular Hbond substituents is 1. The highest BCUT2D eigenvalue weighted by Gasteiger charge is 2.27. The number of rotatable bonds is 6. The van der Waals surface area contributed by atoms with E-state index in [0.717, 1.165) is 6.07 Å². The molecule has 4 aromatic rings. The van der Waals surface area contributed by atoms with Gasteiger partial charge in [-0.1, -0.05) is 23.7 Å². The number of halogens is 2. The monoisotopic (exact) mass is 570 g/mol. The van der Waals surface area contributed by atoms with Crippen LogP contribution in [0.5, 0.6) is 17.2 Å². The quantitative estimate of drug-likeness (QED) is 0.369. The lowest BCUT2D eigenvalue weighted by Gasteiger charge is -2.35. The van der Waals surface area contributed by atoms with E-state index in [1.165, 1.54) is 33.6 Å². The molecule has 5 rings (SSSR count). The Morgan fingerprint density at radius 3 is 2.26 bits per heavy atom. The minimum Gasteiger partial charge on any atom is -0.507 e. The van der Waals surface area contributed by atoms with Gasteiger partial charge in [-0.15, -0.1) is 0 Å². The van der Waals surface area contributed by atoms with Crippen LogP contribution in [0.25, 0.3) is 16.8 Å². The molecule has 1 saturated heterocycles. The van der Waals surface area contributed by atoms with Crippen molar-refractivity contribution < 1.29 is 22.7 Å². The molecule has 9 nitrogen and oxygen atoms in total. The summed E-state index contributed by atoms with van der Waals surface area (Å²) < 4.78 is 46.0. The molecule has 0 atom stereocenters. The first-order valence-corrected chi connectivity index (χ1v) is 14.2. The topological polar surface area (TPSA) is 105 Å². The average molecular weight is 571 g/mol. The van der Waals surface area contributed by atoms with Gasteiger partial charge in [-0.25, -0.2) is 12.8 Å². The number of sulfonamides is 1. The summed E-state index contributed by atoms with van der Waals surface area (Å²) in [7, 11) is -3.33. The lowest BCUT2D eigenvalue weighted by atomic mass is 10.0. The third kappa shape index (κ3) is 5.75. The highest BCUT2D eigenvalue weighted by atomic mass is 35.5. The molecule has 0 aliphatic carbocycles. The summed E-state index contributed by atoms with van der Waals surface area (Å²) in [6.45, 7) is 1.21. The zero-order valence-electron chi connectivity index (χ0n) is 20.8. The smallest absolute Gasteiger partial charge is 0.316 e. The predicted octanol–water partition coefficient (Wildman–Crippen LogP) is 4.27. The van der Waals surface area contributed by atoms with E-state index in [4.69, 9.17) is 16.3 Å². The summed E-state index contributed by atoms with van der Waals surface area (Å²) in [4.78, 5) is 15.5. The fourth-order valence-corrected chi connectivity index (χ4v) is 5.30. The molecule has 0 radical (unpaired) electrons. The molecule has 0 bridgehead atoms. The Morgan fingerprint density at radius 1 is 0.974 bits per heavy atom. The number of ether oxygens (including phenoxy) is 1. The molecule has 0 amide bonds. The molecule has 1 aromatic heterocycles. The van der Waals surface area contributed by atoms with E-state index in [-0.39, 0.29) is 24.6 Å². The maximum absolute atomic E-state index is 13.7. The summed E-state index contributed by atoms with van der Waals surface area (Å²) in [6, 6.07) is 17.0. The molecule has 1 fully saturated rings. The number of nitrogens with zero attached hydrogens (tertiary/aromatic N) is 4. The molecule has 1 aliphatic heterocycles. The van der Waals surface area contributed by atoms with Crippen molar-refractivity contribution in [3.63, 3.8) is 0 Å². The second-order valence-corrected chi connectivity index (χ2v) is 11.4. The molecule has 0 spiro atoms. The molecule has 3 aromatic carbocycles. The van der Waals surface area contributed by atoms with Gasteiger partial charge in [0.05, 0.1) is 18.1 Å². The van der Waals surface area contributed by atoms with Gasteiger partial charge in [-0.05, 0) is 54.1 Å². The van der Waals surface area contributed by atoms with Gasteiger partial charge in [0.2, 0.25) is 15.8 Å². The van der Waals surface area contributed by atoms with Crippen molar-refractivity contribution in [3.8, 4) is 34.1 Å². The molecule has 0 unspecified atom stereocenters. The van der Waals surface area contributed by atoms with E-state index < -0.39 is 21.4 Å².